The Morgan fingerprint density at radius 3 is 2.56 bits per heavy atom. The fraction of sp³-hybridized carbons (Fsp3) is 0.321. The number of carbonyl (C=O) groups is 1. The molecule has 0 amide bonds. The standard InChI is InChI=1S/C28H31ClN4O5S/c1-5-9-26-30-23(6-2)24(16-34)33(26)15-19-12-13-21(20(14-19)17-37-4)22-10-7-8-11-25(22)39(35,36)32-28-27(29)18(3)38-31-28/h7-8,10-14,16H,5-6,9,15,17H2,1-4H3,(H,31,32). The van der Waals surface area contributed by atoms with Gasteiger partial charge in [-0.25, -0.2) is 13.4 Å². The maximum atomic E-state index is 13.4. The summed E-state index contributed by atoms with van der Waals surface area (Å²) in [7, 11) is -2.48. The molecule has 0 aliphatic heterocycles. The number of benzene rings is 2. The number of sulfonamides is 1. The molecule has 0 bridgehead atoms. The summed E-state index contributed by atoms with van der Waals surface area (Å²) in [5, 5.41) is 3.82. The Hall–Kier alpha value is -3.47. The summed E-state index contributed by atoms with van der Waals surface area (Å²) in [6.45, 7) is 6.37. The molecule has 206 valence electrons. The fourth-order valence-corrected chi connectivity index (χ4v) is 5.95. The van der Waals surface area contributed by atoms with Crippen LogP contribution >= 0.6 is 11.6 Å². The number of ether oxygens (including phenoxy) is 1. The van der Waals surface area contributed by atoms with Crippen LogP contribution < -0.4 is 4.72 Å². The summed E-state index contributed by atoms with van der Waals surface area (Å²) in [4.78, 5) is 16.7. The molecule has 4 aromatic rings. The number of halogens is 1. The molecule has 0 aliphatic carbocycles. The Bertz CT molecular complexity index is 1590. The molecular weight excluding hydrogens is 540 g/mol. The molecule has 0 aliphatic rings. The molecule has 0 radical (unpaired) electrons. The molecule has 0 saturated heterocycles. The minimum Gasteiger partial charge on any atom is -0.380 e. The van der Waals surface area contributed by atoms with Crippen molar-refractivity contribution in [3.63, 3.8) is 0 Å². The SMILES string of the molecule is CCCc1nc(CC)c(C=O)n1Cc1ccc(-c2ccccc2S(=O)(=O)Nc2noc(C)c2Cl)c(COC)c1. The number of aldehydes is 1. The second kappa shape index (κ2) is 12.1. The van der Waals surface area contributed by atoms with Crippen LogP contribution in [-0.4, -0.2) is 36.5 Å². The summed E-state index contributed by atoms with van der Waals surface area (Å²) < 4.78 is 41.7. The highest BCUT2D eigenvalue weighted by Crippen LogP contribution is 2.34. The number of hydrogen-bond acceptors (Lipinski definition) is 7. The van der Waals surface area contributed by atoms with Crippen molar-refractivity contribution in [2.24, 2.45) is 0 Å². The van der Waals surface area contributed by atoms with E-state index in [2.05, 4.69) is 16.8 Å². The highest BCUT2D eigenvalue weighted by Gasteiger charge is 2.24. The predicted octanol–water partition coefficient (Wildman–Crippen LogP) is 5.82. The van der Waals surface area contributed by atoms with E-state index in [1.165, 1.54) is 6.07 Å². The molecule has 0 fully saturated rings. The smallest absolute Gasteiger partial charge is 0.263 e. The van der Waals surface area contributed by atoms with Gasteiger partial charge < -0.3 is 13.8 Å². The monoisotopic (exact) mass is 570 g/mol. The minimum absolute atomic E-state index is 0.0579. The van der Waals surface area contributed by atoms with Crippen LogP contribution in [0, 0.1) is 6.92 Å². The molecule has 0 unspecified atom stereocenters. The first kappa shape index (κ1) is 28.5. The Balaban J connectivity index is 1.76. The first-order chi connectivity index (χ1) is 18.7. The molecule has 39 heavy (non-hydrogen) atoms. The van der Waals surface area contributed by atoms with Gasteiger partial charge in [0.2, 0.25) is 5.82 Å². The number of nitrogens with zero attached hydrogens (tertiary/aromatic N) is 3. The number of aryl methyl sites for hydroxylation is 3. The molecule has 2 aromatic carbocycles. The second-order valence-corrected chi connectivity index (χ2v) is 11.1. The van der Waals surface area contributed by atoms with Crippen molar-refractivity contribution in [2.75, 3.05) is 11.8 Å². The summed E-state index contributed by atoms with van der Waals surface area (Å²) in [5.41, 5.74) is 4.31. The van der Waals surface area contributed by atoms with E-state index in [1.54, 1.807) is 32.2 Å². The highest BCUT2D eigenvalue weighted by atomic mass is 35.5. The number of carbonyl (C=O) groups excluding carboxylic acids is 1. The fourth-order valence-electron chi connectivity index (χ4n) is 4.55. The first-order valence-corrected chi connectivity index (χ1v) is 14.5. The molecule has 1 N–H and O–H groups in total. The topological polar surface area (TPSA) is 116 Å². The van der Waals surface area contributed by atoms with Gasteiger partial charge in [0.25, 0.3) is 10.0 Å². The van der Waals surface area contributed by atoms with Crippen LogP contribution in [0.3, 0.4) is 0 Å². The average Bonchev–Trinajstić information content (AvgIpc) is 3.42. The van der Waals surface area contributed by atoms with Crippen molar-refractivity contribution in [1.29, 1.82) is 0 Å². The van der Waals surface area contributed by atoms with Gasteiger partial charge in [0.05, 0.1) is 17.2 Å². The van der Waals surface area contributed by atoms with Crippen LogP contribution in [0.1, 0.15) is 59.2 Å². The lowest BCUT2D eigenvalue weighted by Crippen LogP contribution is -2.15. The van der Waals surface area contributed by atoms with Gasteiger partial charge in [-0.3, -0.25) is 9.52 Å². The van der Waals surface area contributed by atoms with Gasteiger partial charge in [0, 0.05) is 25.6 Å². The van der Waals surface area contributed by atoms with Crippen molar-refractivity contribution in [3.05, 3.63) is 81.6 Å². The number of rotatable bonds is 12. The van der Waals surface area contributed by atoms with Gasteiger partial charge in [-0.2, -0.15) is 0 Å². The normalized spacial score (nSPS) is 11.6. The van der Waals surface area contributed by atoms with Crippen LogP contribution in [0.4, 0.5) is 5.82 Å². The quantitative estimate of drug-likeness (QED) is 0.213. The van der Waals surface area contributed by atoms with Crippen LogP contribution in [0.5, 0.6) is 0 Å². The second-order valence-electron chi connectivity index (χ2n) is 9.10. The third-order valence-electron chi connectivity index (χ3n) is 6.38. The maximum absolute atomic E-state index is 13.4. The third-order valence-corrected chi connectivity index (χ3v) is 8.22. The Kier molecular flexibility index (Phi) is 8.89. The summed E-state index contributed by atoms with van der Waals surface area (Å²) in [6.07, 6.45) is 3.21. The van der Waals surface area contributed by atoms with E-state index >= 15 is 0 Å². The number of nitrogens with one attached hydrogen (secondary N) is 1. The van der Waals surface area contributed by atoms with Gasteiger partial charge in [-0.05, 0) is 42.5 Å². The molecule has 2 heterocycles. The molecule has 2 aromatic heterocycles. The van der Waals surface area contributed by atoms with Crippen LogP contribution in [-0.2, 0) is 40.8 Å². The van der Waals surface area contributed by atoms with E-state index in [4.69, 9.17) is 25.8 Å². The van der Waals surface area contributed by atoms with Crippen LogP contribution in [0.2, 0.25) is 5.02 Å². The van der Waals surface area contributed by atoms with E-state index < -0.39 is 10.0 Å². The largest absolute Gasteiger partial charge is 0.380 e. The van der Waals surface area contributed by atoms with Crippen molar-refractivity contribution in [1.82, 2.24) is 14.7 Å². The molecule has 0 spiro atoms. The van der Waals surface area contributed by atoms with Gasteiger partial charge in [0.15, 0.2) is 12.0 Å². The predicted molar refractivity (Wildman–Crippen MR) is 150 cm³/mol. The summed E-state index contributed by atoms with van der Waals surface area (Å²) >= 11 is 6.14. The highest BCUT2D eigenvalue weighted by molar-refractivity contribution is 7.92. The van der Waals surface area contributed by atoms with E-state index in [1.807, 2.05) is 29.7 Å². The van der Waals surface area contributed by atoms with Gasteiger partial charge in [-0.1, -0.05) is 67.0 Å². The third kappa shape index (κ3) is 5.93. The lowest BCUT2D eigenvalue weighted by molar-refractivity contribution is 0.111. The maximum Gasteiger partial charge on any atom is 0.263 e. The zero-order chi connectivity index (χ0) is 28.2. The van der Waals surface area contributed by atoms with Gasteiger partial charge in [-0.15, -0.1) is 0 Å². The van der Waals surface area contributed by atoms with Crippen molar-refractivity contribution in [2.45, 2.75) is 58.1 Å². The Labute approximate surface area is 233 Å². The van der Waals surface area contributed by atoms with Crippen molar-refractivity contribution < 1.29 is 22.5 Å². The van der Waals surface area contributed by atoms with Crippen molar-refractivity contribution >= 4 is 33.7 Å². The number of anilines is 1. The summed E-state index contributed by atoms with van der Waals surface area (Å²) in [5.74, 6) is 1.11. The van der Waals surface area contributed by atoms with Gasteiger partial charge in [0.1, 0.15) is 16.5 Å². The average molecular weight is 571 g/mol. The Morgan fingerprint density at radius 1 is 1.15 bits per heavy atom. The van der Waals surface area contributed by atoms with Crippen LogP contribution in [0.25, 0.3) is 11.1 Å². The molecule has 0 atom stereocenters. The zero-order valence-electron chi connectivity index (χ0n) is 22.3. The van der Waals surface area contributed by atoms with Crippen LogP contribution in [0.15, 0.2) is 51.9 Å². The zero-order valence-corrected chi connectivity index (χ0v) is 23.9. The molecule has 0 saturated carbocycles. The van der Waals surface area contributed by atoms with Crippen molar-refractivity contribution in [3.8, 4) is 11.1 Å². The first-order valence-electron chi connectivity index (χ1n) is 12.6. The number of methoxy groups -OCH3 is 1. The van der Waals surface area contributed by atoms with E-state index in [-0.39, 0.29) is 22.3 Å². The molecule has 9 nitrogen and oxygen atoms in total. The van der Waals surface area contributed by atoms with E-state index in [9.17, 15) is 13.2 Å². The lowest BCUT2D eigenvalue weighted by atomic mass is 9.97. The number of hydrogen-bond donors (Lipinski definition) is 1. The molecule has 11 heteroatoms. The molecule has 4 rings (SSSR count). The number of imidazole rings is 1. The minimum atomic E-state index is -4.06. The van der Waals surface area contributed by atoms with E-state index in [0.717, 1.165) is 41.8 Å². The summed E-state index contributed by atoms with van der Waals surface area (Å²) in [6, 6.07) is 12.5. The van der Waals surface area contributed by atoms with E-state index in [0.29, 0.717) is 35.5 Å². The Morgan fingerprint density at radius 2 is 1.92 bits per heavy atom. The lowest BCUT2D eigenvalue weighted by Gasteiger charge is -2.17. The van der Waals surface area contributed by atoms with Gasteiger partial charge >= 0.3 is 0 Å². The molecular formula is C28H31ClN4O5S. The number of aromatic nitrogens is 3.